The number of hydrogen-bond donors (Lipinski definition) is 2. The third-order valence-electron chi connectivity index (χ3n) is 6.71. The third-order valence-corrected chi connectivity index (χ3v) is 6.71. The second-order valence-electron chi connectivity index (χ2n) is 9.05. The van der Waals surface area contributed by atoms with Crippen molar-refractivity contribution in [3.05, 3.63) is 89.3 Å². The van der Waals surface area contributed by atoms with Crippen molar-refractivity contribution in [1.29, 1.82) is 0 Å². The van der Waals surface area contributed by atoms with Crippen LogP contribution in [0.4, 0.5) is 5.95 Å². The molecule has 3 heterocycles. The average Bonchev–Trinajstić information content (AvgIpc) is 3.70. The fourth-order valence-corrected chi connectivity index (χ4v) is 4.80. The number of aromatic nitrogens is 4. The minimum absolute atomic E-state index is 0.382. The summed E-state index contributed by atoms with van der Waals surface area (Å²) in [6.07, 6.45) is 5.53. The van der Waals surface area contributed by atoms with E-state index in [9.17, 15) is 0 Å². The number of ether oxygens (including phenoxy) is 2. The molecule has 9 heteroatoms. The fourth-order valence-electron chi connectivity index (χ4n) is 4.80. The number of benzene rings is 2. The molecule has 0 unspecified atom stereocenters. The topological polar surface area (TPSA) is 98.7 Å². The van der Waals surface area contributed by atoms with E-state index < -0.39 is 0 Å². The van der Waals surface area contributed by atoms with Gasteiger partial charge in [0.2, 0.25) is 11.8 Å². The van der Waals surface area contributed by atoms with Crippen LogP contribution in [0, 0.1) is 0 Å². The van der Waals surface area contributed by atoms with Crippen molar-refractivity contribution >= 4 is 11.6 Å². The zero-order valence-electron chi connectivity index (χ0n) is 20.8. The Morgan fingerprint density at radius 1 is 0.973 bits per heavy atom. The van der Waals surface area contributed by atoms with Crippen LogP contribution in [0.5, 0.6) is 11.5 Å². The largest absolute Gasteiger partial charge is 0.493 e. The third kappa shape index (κ3) is 4.61. The van der Waals surface area contributed by atoms with Crippen molar-refractivity contribution in [2.75, 3.05) is 19.5 Å². The first kappa shape index (κ1) is 23.1. The summed E-state index contributed by atoms with van der Waals surface area (Å²) in [5.41, 5.74) is 5.56. The van der Waals surface area contributed by atoms with Crippen molar-refractivity contribution in [2.24, 2.45) is 0 Å². The van der Waals surface area contributed by atoms with Crippen LogP contribution in [0.3, 0.4) is 0 Å². The van der Waals surface area contributed by atoms with Crippen LogP contribution in [0.15, 0.2) is 71.5 Å². The molecule has 1 aliphatic rings. The first-order valence-electron chi connectivity index (χ1n) is 12.3. The molecule has 0 aliphatic heterocycles. The quantitative estimate of drug-likeness (QED) is 0.312. The molecule has 5 aromatic rings. The number of nitrogens with one attached hydrogen (secondary N) is 2. The van der Waals surface area contributed by atoms with E-state index in [0.717, 1.165) is 29.6 Å². The molecule has 3 aromatic heterocycles. The molecule has 6 rings (SSSR count). The molecule has 0 saturated heterocycles. The second-order valence-corrected chi connectivity index (χ2v) is 9.05. The molecule has 2 N–H and O–H groups in total. The molecule has 1 aliphatic carbocycles. The number of methoxy groups -OCH3 is 2. The predicted molar refractivity (Wildman–Crippen MR) is 140 cm³/mol. The Balaban J connectivity index is 1.25. The molecule has 2 aromatic carbocycles. The van der Waals surface area contributed by atoms with Crippen LogP contribution >= 0.6 is 0 Å². The molecule has 0 fully saturated rings. The van der Waals surface area contributed by atoms with Gasteiger partial charge in [0.05, 0.1) is 20.5 Å². The van der Waals surface area contributed by atoms with Crippen molar-refractivity contribution in [3.63, 3.8) is 0 Å². The van der Waals surface area contributed by atoms with Crippen LogP contribution in [0.2, 0.25) is 0 Å². The number of rotatable bonds is 9. The van der Waals surface area contributed by atoms with Gasteiger partial charge in [-0.05, 0) is 53.8 Å². The summed E-state index contributed by atoms with van der Waals surface area (Å²) in [6, 6.07) is 18.5. The Labute approximate surface area is 214 Å². The minimum Gasteiger partial charge on any atom is -0.493 e. The molecule has 9 nitrogen and oxygen atoms in total. The van der Waals surface area contributed by atoms with Crippen molar-refractivity contribution < 1.29 is 13.9 Å². The maximum absolute atomic E-state index is 5.56. The van der Waals surface area contributed by atoms with Gasteiger partial charge in [0.25, 0.3) is 0 Å². The van der Waals surface area contributed by atoms with Crippen LogP contribution < -0.4 is 20.1 Å². The van der Waals surface area contributed by atoms with Crippen molar-refractivity contribution in [3.8, 4) is 23.1 Å². The van der Waals surface area contributed by atoms with Crippen molar-refractivity contribution in [2.45, 2.75) is 32.0 Å². The summed E-state index contributed by atoms with van der Waals surface area (Å²) in [6.45, 7) is 1.16. The summed E-state index contributed by atoms with van der Waals surface area (Å²) >= 11 is 0. The summed E-state index contributed by atoms with van der Waals surface area (Å²) in [7, 11) is 3.25. The van der Waals surface area contributed by atoms with E-state index in [-0.39, 0.29) is 0 Å². The molecule has 37 heavy (non-hydrogen) atoms. The maximum atomic E-state index is 5.56. The minimum atomic E-state index is 0.382. The van der Waals surface area contributed by atoms with Crippen molar-refractivity contribution in [1.82, 2.24) is 24.9 Å². The molecule has 0 bridgehead atoms. The molecule has 0 amide bonds. The van der Waals surface area contributed by atoms with Crippen LogP contribution in [-0.4, -0.2) is 39.8 Å². The number of anilines is 1. The molecule has 0 saturated carbocycles. The standard InChI is InChI=1S/C28H28N6O3/c1-35-23-10-9-18(12-25(23)36-2)15-30-28-31-17-21(16-29-22-13-19-6-3-4-7-20(19)14-22)27-32-26(33-34(27)28)24-8-5-11-37-24/h3-12,17,22,29H,13-16H2,1-2H3,(H,30,31). The summed E-state index contributed by atoms with van der Waals surface area (Å²) < 4.78 is 18.1. The lowest BCUT2D eigenvalue weighted by molar-refractivity contribution is 0.354. The van der Waals surface area contributed by atoms with Crippen LogP contribution in [-0.2, 0) is 25.9 Å². The molecule has 0 spiro atoms. The van der Waals surface area contributed by atoms with E-state index >= 15 is 0 Å². The smallest absolute Gasteiger partial charge is 0.226 e. The molecule has 188 valence electrons. The van der Waals surface area contributed by atoms with E-state index in [1.54, 1.807) is 25.0 Å². The zero-order valence-corrected chi connectivity index (χ0v) is 20.8. The lowest BCUT2D eigenvalue weighted by atomic mass is 10.1. The van der Waals surface area contributed by atoms with E-state index in [1.807, 2.05) is 36.5 Å². The molecular formula is C28H28N6O3. The highest BCUT2D eigenvalue weighted by atomic mass is 16.5. The van der Waals surface area contributed by atoms with E-state index in [0.29, 0.717) is 48.2 Å². The highest BCUT2D eigenvalue weighted by Gasteiger charge is 2.22. The van der Waals surface area contributed by atoms with Gasteiger partial charge in [0.1, 0.15) is 0 Å². The van der Waals surface area contributed by atoms with Gasteiger partial charge in [-0.3, -0.25) is 0 Å². The Hall–Kier alpha value is -4.37. The highest BCUT2D eigenvalue weighted by molar-refractivity contribution is 5.58. The first-order valence-corrected chi connectivity index (χ1v) is 12.3. The average molecular weight is 497 g/mol. The van der Waals surface area contributed by atoms with E-state index in [2.05, 4.69) is 34.9 Å². The van der Waals surface area contributed by atoms with E-state index in [1.165, 1.54) is 11.1 Å². The number of furan rings is 1. The normalized spacial score (nSPS) is 13.1. The van der Waals surface area contributed by atoms with Gasteiger partial charge in [-0.2, -0.15) is 4.52 Å². The Morgan fingerprint density at radius 2 is 1.78 bits per heavy atom. The van der Waals surface area contributed by atoms with Gasteiger partial charge >= 0.3 is 0 Å². The van der Waals surface area contributed by atoms with Gasteiger partial charge in [0.15, 0.2) is 22.9 Å². The maximum Gasteiger partial charge on any atom is 0.226 e. The fraction of sp³-hybridized carbons (Fsp3) is 0.250. The monoisotopic (exact) mass is 496 g/mol. The molecular weight excluding hydrogens is 468 g/mol. The van der Waals surface area contributed by atoms with Crippen LogP contribution in [0.25, 0.3) is 17.2 Å². The SMILES string of the molecule is COc1ccc(CNc2ncc(CNC3Cc4ccccc4C3)c3nc(-c4ccco4)nn23)cc1OC. The number of nitrogens with zero attached hydrogens (tertiary/aromatic N) is 4. The summed E-state index contributed by atoms with van der Waals surface area (Å²) in [4.78, 5) is 9.51. The lowest BCUT2D eigenvalue weighted by Gasteiger charge is -2.14. The Morgan fingerprint density at radius 3 is 2.51 bits per heavy atom. The number of fused-ring (bicyclic) bond motifs is 2. The second kappa shape index (κ2) is 9.94. The van der Waals surface area contributed by atoms with Gasteiger partial charge < -0.3 is 24.5 Å². The van der Waals surface area contributed by atoms with Gasteiger partial charge in [-0.15, -0.1) is 5.10 Å². The lowest BCUT2D eigenvalue weighted by Crippen LogP contribution is -2.29. The molecule has 0 radical (unpaired) electrons. The first-order chi connectivity index (χ1) is 18.2. The summed E-state index contributed by atoms with van der Waals surface area (Å²) in [5.74, 6) is 3.08. The predicted octanol–water partition coefficient (Wildman–Crippen LogP) is 4.27. The Kier molecular flexibility index (Phi) is 6.20. The van der Waals surface area contributed by atoms with Crippen LogP contribution in [0.1, 0.15) is 22.3 Å². The Bertz CT molecular complexity index is 1500. The number of hydrogen-bond acceptors (Lipinski definition) is 8. The van der Waals surface area contributed by atoms with Gasteiger partial charge in [0, 0.05) is 30.9 Å². The summed E-state index contributed by atoms with van der Waals surface area (Å²) in [5, 5.41) is 11.8. The highest BCUT2D eigenvalue weighted by Crippen LogP contribution is 2.28. The molecule has 0 atom stereocenters. The van der Waals surface area contributed by atoms with E-state index in [4.69, 9.17) is 29.0 Å². The van der Waals surface area contributed by atoms with Gasteiger partial charge in [-0.25, -0.2) is 9.97 Å². The zero-order chi connectivity index (χ0) is 25.2. The van der Waals surface area contributed by atoms with Gasteiger partial charge in [-0.1, -0.05) is 30.3 Å².